The molecule has 1 N–H and O–H groups in total. The quantitative estimate of drug-likeness (QED) is 0.881. The Balaban J connectivity index is 1.96. The van der Waals surface area contributed by atoms with E-state index < -0.39 is 0 Å². The highest BCUT2D eigenvalue weighted by atomic mass is 35.5. The second-order valence-corrected chi connectivity index (χ2v) is 5.80. The average molecular weight is 289 g/mol. The van der Waals surface area contributed by atoms with Crippen molar-refractivity contribution < 1.29 is 0 Å². The first-order valence-corrected chi connectivity index (χ1v) is 7.15. The fourth-order valence-electron chi connectivity index (χ4n) is 2.15. The van der Waals surface area contributed by atoms with Crippen LogP contribution >= 0.6 is 11.6 Å². The van der Waals surface area contributed by atoms with Crippen LogP contribution in [0, 0.1) is 6.92 Å². The number of nitrogens with one attached hydrogen (secondary N) is 1. The van der Waals surface area contributed by atoms with Crippen molar-refractivity contribution in [2.45, 2.75) is 20.0 Å². The number of halogens is 1. The van der Waals surface area contributed by atoms with Crippen molar-refractivity contribution >= 4 is 17.3 Å². The molecule has 0 fully saturated rings. The molecule has 0 atom stereocenters. The Labute approximate surface area is 126 Å². The molecule has 0 saturated heterocycles. The molecule has 0 radical (unpaired) electrons. The number of hydrogen-bond donors (Lipinski definition) is 1. The van der Waals surface area contributed by atoms with Crippen LogP contribution in [0.1, 0.15) is 16.7 Å². The standard InChI is InChI=1S/C17H21ClN2/c1-13-10-16(18)7-6-15(13)11-19-17-8-4-14(5-9-17)12-20(2)3/h4-10,19H,11-12H2,1-3H3. The molecule has 0 amide bonds. The molecule has 2 rings (SSSR count). The third kappa shape index (κ3) is 4.26. The van der Waals surface area contributed by atoms with Crippen LogP contribution in [0.15, 0.2) is 42.5 Å². The van der Waals surface area contributed by atoms with Gasteiger partial charge in [0.25, 0.3) is 0 Å². The molecule has 3 heteroatoms. The Bertz CT molecular complexity index is 562. The zero-order valence-electron chi connectivity index (χ0n) is 12.3. The van der Waals surface area contributed by atoms with E-state index in [4.69, 9.17) is 11.6 Å². The summed E-state index contributed by atoms with van der Waals surface area (Å²) < 4.78 is 0. The molecule has 0 heterocycles. The highest BCUT2D eigenvalue weighted by molar-refractivity contribution is 6.30. The van der Waals surface area contributed by atoms with Crippen LogP contribution in [0.3, 0.4) is 0 Å². The summed E-state index contributed by atoms with van der Waals surface area (Å²) >= 11 is 5.97. The van der Waals surface area contributed by atoms with Crippen LogP contribution < -0.4 is 5.32 Å². The molecular formula is C17H21ClN2. The lowest BCUT2D eigenvalue weighted by Gasteiger charge is -2.12. The van der Waals surface area contributed by atoms with Gasteiger partial charge in [-0.25, -0.2) is 0 Å². The van der Waals surface area contributed by atoms with Crippen LogP contribution in [0.2, 0.25) is 5.02 Å². The maximum atomic E-state index is 5.97. The van der Waals surface area contributed by atoms with Gasteiger partial charge in [-0.2, -0.15) is 0 Å². The summed E-state index contributed by atoms with van der Waals surface area (Å²) in [4.78, 5) is 2.17. The summed E-state index contributed by atoms with van der Waals surface area (Å²) in [6, 6.07) is 14.6. The van der Waals surface area contributed by atoms with E-state index in [1.54, 1.807) is 0 Å². The minimum Gasteiger partial charge on any atom is -0.381 e. The predicted molar refractivity (Wildman–Crippen MR) is 87.3 cm³/mol. The lowest BCUT2D eigenvalue weighted by atomic mass is 10.1. The summed E-state index contributed by atoms with van der Waals surface area (Å²) in [5, 5.41) is 4.24. The molecule has 0 aromatic heterocycles. The van der Waals surface area contributed by atoms with E-state index in [0.29, 0.717) is 0 Å². The number of nitrogens with zero attached hydrogens (tertiary/aromatic N) is 1. The van der Waals surface area contributed by atoms with Crippen molar-refractivity contribution in [3.63, 3.8) is 0 Å². The largest absolute Gasteiger partial charge is 0.381 e. The third-order valence-electron chi connectivity index (χ3n) is 3.24. The molecule has 2 nitrogen and oxygen atoms in total. The molecule has 2 aromatic rings. The van der Waals surface area contributed by atoms with Crippen LogP contribution in [-0.4, -0.2) is 19.0 Å². The molecule has 0 bridgehead atoms. The number of anilines is 1. The first-order chi connectivity index (χ1) is 9.54. The summed E-state index contributed by atoms with van der Waals surface area (Å²) in [6.07, 6.45) is 0. The van der Waals surface area contributed by atoms with Crippen molar-refractivity contribution in [3.8, 4) is 0 Å². The van der Waals surface area contributed by atoms with Crippen LogP contribution in [0.4, 0.5) is 5.69 Å². The summed E-state index contributed by atoms with van der Waals surface area (Å²) in [6.45, 7) is 3.87. The van der Waals surface area contributed by atoms with Crippen molar-refractivity contribution in [1.29, 1.82) is 0 Å². The Morgan fingerprint density at radius 3 is 2.35 bits per heavy atom. The maximum absolute atomic E-state index is 5.97. The second kappa shape index (κ2) is 6.78. The fraction of sp³-hybridized carbons (Fsp3) is 0.294. The monoisotopic (exact) mass is 288 g/mol. The number of hydrogen-bond acceptors (Lipinski definition) is 2. The van der Waals surface area contributed by atoms with E-state index >= 15 is 0 Å². The molecule has 0 spiro atoms. The van der Waals surface area contributed by atoms with E-state index in [-0.39, 0.29) is 0 Å². The van der Waals surface area contributed by atoms with Crippen LogP contribution in [-0.2, 0) is 13.1 Å². The summed E-state index contributed by atoms with van der Waals surface area (Å²) in [7, 11) is 4.16. The summed E-state index contributed by atoms with van der Waals surface area (Å²) in [5.41, 5.74) is 4.95. The number of benzene rings is 2. The normalized spacial score (nSPS) is 10.8. The first-order valence-electron chi connectivity index (χ1n) is 6.77. The fourth-order valence-corrected chi connectivity index (χ4v) is 2.37. The third-order valence-corrected chi connectivity index (χ3v) is 3.48. The lowest BCUT2D eigenvalue weighted by molar-refractivity contribution is 0.402. The van der Waals surface area contributed by atoms with Gasteiger partial charge in [0.1, 0.15) is 0 Å². The Kier molecular flexibility index (Phi) is 5.05. The van der Waals surface area contributed by atoms with Crippen molar-refractivity contribution in [3.05, 3.63) is 64.2 Å². The van der Waals surface area contributed by atoms with E-state index in [0.717, 1.165) is 23.8 Å². The van der Waals surface area contributed by atoms with Gasteiger partial charge < -0.3 is 10.2 Å². The van der Waals surface area contributed by atoms with Gasteiger partial charge in [0, 0.05) is 23.8 Å². The number of rotatable bonds is 5. The van der Waals surface area contributed by atoms with Gasteiger partial charge in [-0.05, 0) is 62.0 Å². The van der Waals surface area contributed by atoms with Gasteiger partial charge >= 0.3 is 0 Å². The van der Waals surface area contributed by atoms with Gasteiger partial charge in [-0.1, -0.05) is 29.8 Å². The van der Waals surface area contributed by atoms with Gasteiger partial charge in [0.15, 0.2) is 0 Å². The predicted octanol–water partition coefficient (Wildman–Crippen LogP) is 4.32. The molecular weight excluding hydrogens is 268 g/mol. The maximum Gasteiger partial charge on any atom is 0.0408 e. The minimum atomic E-state index is 0.791. The molecule has 106 valence electrons. The van der Waals surface area contributed by atoms with Gasteiger partial charge in [0.05, 0.1) is 0 Å². The van der Waals surface area contributed by atoms with E-state index in [1.165, 1.54) is 16.7 Å². The zero-order valence-corrected chi connectivity index (χ0v) is 13.0. The molecule has 0 saturated carbocycles. The molecule has 20 heavy (non-hydrogen) atoms. The zero-order chi connectivity index (χ0) is 14.5. The smallest absolute Gasteiger partial charge is 0.0408 e. The minimum absolute atomic E-state index is 0.791. The summed E-state index contributed by atoms with van der Waals surface area (Å²) in [5.74, 6) is 0. The van der Waals surface area contributed by atoms with Crippen molar-refractivity contribution in [2.75, 3.05) is 19.4 Å². The Hall–Kier alpha value is -1.51. The lowest BCUT2D eigenvalue weighted by Crippen LogP contribution is -2.10. The molecule has 0 aliphatic carbocycles. The van der Waals surface area contributed by atoms with Crippen LogP contribution in [0.5, 0.6) is 0 Å². The topological polar surface area (TPSA) is 15.3 Å². The molecule has 0 aliphatic rings. The van der Waals surface area contributed by atoms with Gasteiger partial charge in [-0.15, -0.1) is 0 Å². The first kappa shape index (κ1) is 14.9. The number of aryl methyl sites for hydroxylation is 1. The van der Waals surface area contributed by atoms with Gasteiger partial charge in [0.2, 0.25) is 0 Å². The average Bonchev–Trinajstić information content (AvgIpc) is 2.39. The van der Waals surface area contributed by atoms with Crippen molar-refractivity contribution in [1.82, 2.24) is 4.90 Å². The second-order valence-electron chi connectivity index (χ2n) is 5.36. The SMILES string of the molecule is Cc1cc(Cl)ccc1CNc1ccc(CN(C)C)cc1. The van der Waals surface area contributed by atoms with E-state index in [1.807, 2.05) is 12.1 Å². The van der Waals surface area contributed by atoms with Crippen LogP contribution in [0.25, 0.3) is 0 Å². The highest BCUT2D eigenvalue weighted by Gasteiger charge is 2.00. The molecule has 0 unspecified atom stereocenters. The Morgan fingerprint density at radius 2 is 1.75 bits per heavy atom. The van der Waals surface area contributed by atoms with Crippen molar-refractivity contribution in [2.24, 2.45) is 0 Å². The van der Waals surface area contributed by atoms with E-state index in [2.05, 4.69) is 61.6 Å². The molecule has 2 aromatic carbocycles. The molecule has 0 aliphatic heterocycles. The highest BCUT2D eigenvalue weighted by Crippen LogP contribution is 2.17. The Morgan fingerprint density at radius 1 is 1.05 bits per heavy atom. The van der Waals surface area contributed by atoms with E-state index in [9.17, 15) is 0 Å². The van der Waals surface area contributed by atoms with Gasteiger partial charge in [-0.3, -0.25) is 0 Å².